The molecule has 2 aromatic heterocycles. The lowest BCUT2D eigenvalue weighted by atomic mass is 9.87. The van der Waals surface area contributed by atoms with Crippen molar-refractivity contribution in [3.8, 4) is 5.75 Å². The highest BCUT2D eigenvalue weighted by molar-refractivity contribution is 7.52. The molecule has 1 aromatic carbocycles. The zero-order valence-electron chi connectivity index (χ0n) is 24.5. The summed E-state index contributed by atoms with van der Waals surface area (Å²) in [5.41, 5.74) is 5.12. The number of benzene rings is 1. The molecule has 3 aromatic rings. The summed E-state index contributed by atoms with van der Waals surface area (Å²) in [7, 11) is -4.42. The van der Waals surface area contributed by atoms with Crippen LogP contribution in [-0.4, -0.2) is 73.5 Å². The number of esters is 1. The summed E-state index contributed by atoms with van der Waals surface area (Å²) in [6.45, 7) is 2.23. The van der Waals surface area contributed by atoms with Crippen molar-refractivity contribution in [1.82, 2.24) is 19.7 Å². The molecule has 2 aliphatic rings. The Labute approximate surface area is 256 Å². The number of anilines is 1. The highest BCUT2D eigenvalue weighted by Gasteiger charge is 2.54. The predicted molar refractivity (Wildman–Crippen MR) is 153 cm³/mol. The maximum Gasteiger partial charge on any atom is 0.459 e. The molecule has 0 spiro atoms. The summed E-state index contributed by atoms with van der Waals surface area (Å²) >= 11 is 0. The predicted octanol–water partition coefficient (Wildman–Crippen LogP) is 3.71. The SMILES string of the molecule is C[C@H](N[P@@](=O)(OC[C@@]1(C)O[C@@H](c2ccc3c(N)ncnn23)[C@H](O)[C@@H]1O)Oc1ccccc1)C(=O)OC1CCC(C(F)(F)F)CC1. The Morgan fingerprint density at radius 2 is 1.89 bits per heavy atom. The lowest BCUT2D eigenvalue weighted by Crippen LogP contribution is -2.45. The largest absolute Gasteiger partial charge is 0.461 e. The molecule has 0 radical (unpaired) electrons. The number of aromatic nitrogens is 3. The molecular formula is C28H35F3N5O8P. The number of para-hydroxylation sites is 1. The fraction of sp³-hybridized carbons (Fsp3) is 0.536. The van der Waals surface area contributed by atoms with Crippen LogP contribution in [0, 0.1) is 5.92 Å². The van der Waals surface area contributed by atoms with Gasteiger partial charge in [-0.2, -0.15) is 23.4 Å². The standard InChI is InChI=1S/C28H35F3N5O8P/c1-16(26(39)42-18-10-8-17(9-11-18)28(29,30)31)35-45(40,44-19-6-4-3-5-7-19)41-14-27(2)24(38)22(37)23(43-27)20-12-13-21-25(32)33-15-34-36(20)21/h3-7,12-13,15-18,22-24,37-38H,8-11,14H2,1-2H3,(H,35,40)(H2,32,33,34)/t16-,17?,18?,22-,23-,24-,27+,45+/m0/s1. The van der Waals surface area contributed by atoms with E-state index in [0.717, 1.165) is 0 Å². The molecule has 1 aliphatic carbocycles. The molecule has 2 fully saturated rings. The van der Waals surface area contributed by atoms with E-state index in [1.54, 1.807) is 30.3 Å². The van der Waals surface area contributed by atoms with Crippen molar-refractivity contribution in [2.45, 2.75) is 81.8 Å². The van der Waals surface area contributed by atoms with E-state index in [0.29, 0.717) is 11.2 Å². The van der Waals surface area contributed by atoms with Gasteiger partial charge in [0.15, 0.2) is 5.82 Å². The molecule has 3 heterocycles. The zero-order valence-corrected chi connectivity index (χ0v) is 25.4. The van der Waals surface area contributed by atoms with Gasteiger partial charge in [0.05, 0.1) is 18.2 Å². The van der Waals surface area contributed by atoms with E-state index in [1.165, 1.54) is 36.8 Å². The van der Waals surface area contributed by atoms with Crippen LogP contribution < -0.4 is 15.3 Å². The van der Waals surface area contributed by atoms with Crippen LogP contribution in [0.5, 0.6) is 5.75 Å². The van der Waals surface area contributed by atoms with E-state index >= 15 is 0 Å². The first-order valence-corrected chi connectivity index (χ1v) is 15.9. The van der Waals surface area contributed by atoms with Gasteiger partial charge in [0.1, 0.15) is 53.7 Å². The fourth-order valence-electron chi connectivity index (χ4n) is 5.49. The molecule has 1 aliphatic heterocycles. The second-order valence-electron chi connectivity index (χ2n) is 11.5. The third kappa shape index (κ3) is 7.26. The summed E-state index contributed by atoms with van der Waals surface area (Å²) in [4.78, 5) is 16.8. The van der Waals surface area contributed by atoms with Crippen molar-refractivity contribution >= 4 is 25.1 Å². The van der Waals surface area contributed by atoms with Crippen molar-refractivity contribution in [1.29, 1.82) is 0 Å². The minimum absolute atomic E-state index is 0.0456. The van der Waals surface area contributed by atoms with E-state index in [-0.39, 0.29) is 37.3 Å². The number of hydrogen-bond acceptors (Lipinski definition) is 11. The van der Waals surface area contributed by atoms with Crippen LogP contribution in [0.25, 0.3) is 5.52 Å². The van der Waals surface area contributed by atoms with Crippen LogP contribution in [0.2, 0.25) is 0 Å². The number of nitrogens with one attached hydrogen (secondary N) is 1. The second-order valence-corrected chi connectivity index (χ2v) is 13.2. The molecule has 1 saturated carbocycles. The lowest BCUT2D eigenvalue weighted by molar-refractivity contribution is -0.188. The van der Waals surface area contributed by atoms with E-state index in [9.17, 15) is 32.7 Å². The van der Waals surface area contributed by atoms with Crippen molar-refractivity contribution in [3.05, 3.63) is 54.5 Å². The Morgan fingerprint density at radius 1 is 1.20 bits per heavy atom. The maximum absolute atomic E-state index is 14.0. The van der Waals surface area contributed by atoms with Gasteiger partial charge in [-0.25, -0.2) is 14.1 Å². The molecule has 6 atom stereocenters. The number of rotatable bonds is 10. The number of nitrogens with zero attached hydrogens (tertiary/aromatic N) is 3. The zero-order chi connectivity index (χ0) is 32.6. The van der Waals surface area contributed by atoms with Gasteiger partial charge in [-0.05, 0) is 63.8 Å². The minimum atomic E-state index is -4.42. The summed E-state index contributed by atoms with van der Waals surface area (Å²) < 4.78 is 77.4. The average Bonchev–Trinajstić information content (AvgIpc) is 3.52. The number of fused-ring (bicyclic) bond motifs is 1. The second kappa shape index (κ2) is 12.9. The summed E-state index contributed by atoms with van der Waals surface area (Å²) in [6, 6.07) is 9.94. The number of nitrogen functional groups attached to an aromatic ring is 1. The van der Waals surface area contributed by atoms with E-state index < -0.39 is 68.5 Å². The molecule has 0 unspecified atom stereocenters. The Balaban J connectivity index is 1.28. The first kappa shape index (κ1) is 33.1. The molecule has 13 nitrogen and oxygen atoms in total. The number of carbonyl (C=O) groups is 1. The molecule has 0 bridgehead atoms. The third-order valence-electron chi connectivity index (χ3n) is 8.07. The summed E-state index contributed by atoms with van der Waals surface area (Å²) in [5, 5.41) is 28.6. The molecule has 1 saturated heterocycles. The van der Waals surface area contributed by atoms with Crippen molar-refractivity contribution in [3.63, 3.8) is 0 Å². The number of aliphatic hydroxyl groups is 2. The van der Waals surface area contributed by atoms with E-state index in [1.807, 2.05) is 0 Å². The van der Waals surface area contributed by atoms with E-state index in [2.05, 4.69) is 15.2 Å². The Kier molecular flexibility index (Phi) is 9.45. The normalized spacial score (nSPS) is 29.3. The quantitative estimate of drug-likeness (QED) is 0.184. The molecule has 17 heteroatoms. The topological polar surface area (TPSA) is 180 Å². The average molecular weight is 658 g/mol. The molecule has 5 rings (SSSR count). The van der Waals surface area contributed by atoms with Crippen molar-refractivity contribution in [2.24, 2.45) is 5.92 Å². The summed E-state index contributed by atoms with van der Waals surface area (Å²) in [6.07, 6.45) is -8.07. The number of hydrogen-bond donors (Lipinski definition) is 4. The highest BCUT2D eigenvalue weighted by Crippen LogP contribution is 2.48. The van der Waals surface area contributed by atoms with Gasteiger partial charge in [-0.1, -0.05) is 18.2 Å². The third-order valence-corrected chi connectivity index (χ3v) is 9.70. The Bertz CT molecular complexity index is 1540. The van der Waals surface area contributed by atoms with Crippen LogP contribution in [0.3, 0.4) is 0 Å². The van der Waals surface area contributed by atoms with Gasteiger partial charge in [-0.3, -0.25) is 9.32 Å². The Morgan fingerprint density at radius 3 is 2.56 bits per heavy atom. The van der Waals surface area contributed by atoms with Gasteiger partial charge >= 0.3 is 19.9 Å². The monoisotopic (exact) mass is 657 g/mol. The lowest BCUT2D eigenvalue weighted by Gasteiger charge is -2.31. The highest BCUT2D eigenvalue weighted by atomic mass is 31.2. The van der Waals surface area contributed by atoms with Crippen LogP contribution in [0.4, 0.5) is 19.0 Å². The van der Waals surface area contributed by atoms with Crippen LogP contribution in [-0.2, 0) is 23.4 Å². The van der Waals surface area contributed by atoms with Gasteiger partial charge in [-0.15, -0.1) is 0 Å². The fourth-order valence-corrected chi connectivity index (χ4v) is 7.07. The molecule has 0 amide bonds. The first-order chi connectivity index (χ1) is 21.2. The van der Waals surface area contributed by atoms with Crippen LogP contribution in [0.15, 0.2) is 48.8 Å². The molecule has 5 N–H and O–H groups in total. The van der Waals surface area contributed by atoms with Crippen molar-refractivity contribution in [2.75, 3.05) is 12.3 Å². The smallest absolute Gasteiger partial charge is 0.459 e. The van der Waals surface area contributed by atoms with Gasteiger partial charge in [0.25, 0.3) is 0 Å². The van der Waals surface area contributed by atoms with Gasteiger partial charge in [0, 0.05) is 0 Å². The number of aliphatic hydroxyl groups excluding tert-OH is 2. The molecular weight excluding hydrogens is 622 g/mol. The number of nitrogens with two attached hydrogens (primary N) is 1. The molecule has 45 heavy (non-hydrogen) atoms. The van der Waals surface area contributed by atoms with Crippen LogP contribution in [0.1, 0.15) is 51.3 Å². The van der Waals surface area contributed by atoms with Gasteiger partial charge < -0.3 is 29.9 Å². The number of ether oxygens (including phenoxy) is 2. The van der Waals surface area contributed by atoms with Gasteiger partial charge in [0.2, 0.25) is 0 Å². The number of alkyl halides is 3. The summed E-state index contributed by atoms with van der Waals surface area (Å²) in [5.74, 6) is -1.97. The van der Waals surface area contributed by atoms with Crippen LogP contribution >= 0.6 is 7.75 Å². The number of carbonyl (C=O) groups excluding carboxylic acids is 1. The van der Waals surface area contributed by atoms with Crippen molar-refractivity contribution < 1.29 is 51.3 Å². The molecule has 246 valence electrons. The minimum Gasteiger partial charge on any atom is -0.461 e. The number of halogens is 3. The maximum atomic E-state index is 14.0. The first-order valence-electron chi connectivity index (χ1n) is 14.4. The Hall–Kier alpha value is -3.27. The van der Waals surface area contributed by atoms with E-state index in [4.69, 9.17) is 24.3 Å².